The molecule has 3 heterocycles. The summed E-state index contributed by atoms with van der Waals surface area (Å²) in [5.41, 5.74) is 4.68. The van der Waals surface area contributed by atoms with Crippen molar-refractivity contribution in [3.05, 3.63) is 67.1 Å². The van der Waals surface area contributed by atoms with Crippen LogP contribution in [0.2, 0.25) is 0 Å². The standard InChI is InChI=1S/C21H23N5O2S/c1-29(27,28)24-18-6-4-17(5-7-18)21-20(3-2-10-23-21)26-15-13-25(14-16-26)19-8-11-22-12-9-19/h2-12,24H,13-16H2,1H3. The Morgan fingerprint density at radius 1 is 0.862 bits per heavy atom. The number of piperazine rings is 1. The molecule has 29 heavy (non-hydrogen) atoms. The maximum Gasteiger partial charge on any atom is 0.229 e. The van der Waals surface area contributed by atoms with Crippen LogP contribution in [0.5, 0.6) is 0 Å². The first-order valence-corrected chi connectivity index (χ1v) is 11.3. The van der Waals surface area contributed by atoms with Gasteiger partial charge in [0, 0.05) is 61.7 Å². The van der Waals surface area contributed by atoms with Gasteiger partial charge in [0.05, 0.1) is 17.6 Å². The zero-order valence-corrected chi connectivity index (χ0v) is 17.0. The Morgan fingerprint density at radius 3 is 2.17 bits per heavy atom. The molecule has 0 radical (unpaired) electrons. The molecule has 0 amide bonds. The maximum absolute atomic E-state index is 11.4. The molecule has 0 atom stereocenters. The fourth-order valence-electron chi connectivity index (χ4n) is 3.55. The van der Waals surface area contributed by atoms with Crippen molar-refractivity contribution in [2.24, 2.45) is 0 Å². The Labute approximate surface area is 171 Å². The first kappa shape index (κ1) is 19.2. The quantitative estimate of drug-likeness (QED) is 0.698. The second-order valence-corrected chi connectivity index (χ2v) is 8.75. The third-order valence-electron chi connectivity index (χ3n) is 4.90. The van der Waals surface area contributed by atoms with Gasteiger partial charge in [-0.05, 0) is 36.4 Å². The third kappa shape index (κ3) is 4.65. The topological polar surface area (TPSA) is 78.4 Å². The van der Waals surface area contributed by atoms with Gasteiger partial charge < -0.3 is 9.80 Å². The molecule has 4 rings (SSSR count). The fourth-order valence-corrected chi connectivity index (χ4v) is 4.11. The van der Waals surface area contributed by atoms with Crippen molar-refractivity contribution < 1.29 is 8.42 Å². The first-order chi connectivity index (χ1) is 14.0. The van der Waals surface area contributed by atoms with E-state index in [-0.39, 0.29) is 0 Å². The van der Waals surface area contributed by atoms with Crippen LogP contribution in [0.25, 0.3) is 11.3 Å². The number of hydrogen-bond acceptors (Lipinski definition) is 6. The minimum Gasteiger partial charge on any atom is -0.368 e. The molecular formula is C21H23N5O2S. The summed E-state index contributed by atoms with van der Waals surface area (Å²) in [4.78, 5) is 13.4. The number of benzene rings is 1. The Balaban J connectivity index is 1.52. The lowest BCUT2D eigenvalue weighted by Gasteiger charge is -2.37. The minimum absolute atomic E-state index is 0.541. The van der Waals surface area contributed by atoms with E-state index in [0.717, 1.165) is 49.4 Å². The average Bonchev–Trinajstić information content (AvgIpc) is 2.74. The second kappa shape index (κ2) is 8.08. The Morgan fingerprint density at radius 2 is 1.52 bits per heavy atom. The molecule has 3 aromatic rings. The van der Waals surface area contributed by atoms with Crippen LogP contribution in [0.1, 0.15) is 0 Å². The van der Waals surface area contributed by atoms with Gasteiger partial charge in [0.1, 0.15) is 0 Å². The van der Waals surface area contributed by atoms with Crippen LogP contribution in [0.3, 0.4) is 0 Å². The van der Waals surface area contributed by atoms with Crippen LogP contribution < -0.4 is 14.5 Å². The van der Waals surface area contributed by atoms with Gasteiger partial charge in [0.15, 0.2) is 0 Å². The van der Waals surface area contributed by atoms with Crippen LogP contribution in [0.4, 0.5) is 17.1 Å². The number of nitrogens with one attached hydrogen (secondary N) is 1. The summed E-state index contributed by atoms with van der Waals surface area (Å²) in [6, 6.07) is 15.4. The first-order valence-electron chi connectivity index (χ1n) is 9.43. The predicted molar refractivity (Wildman–Crippen MR) is 117 cm³/mol. The minimum atomic E-state index is -3.29. The van der Waals surface area contributed by atoms with E-state index in [1.807, 2.05) is 42.7 Å². The van der Waals surface area contributed by atoms with Gasteiger partial charge in [-0.2, -0.15) is 0 Å². The number of anilines is 3. The lowest BCUT2D eigenvalue weighted by Crippen LogP contribution is -2.46. The number of pyridine rings is 2. The fraction of sp³-hybridized carbons (Fsp3) is 0.238. The van der Waals surface area contributed by atoms with E-state index in [1.165, 1.54) is 5.69 Å². The molecule has 1 aliphatic heterocycles. The molecule has 1 aliphatic rings. The molecule has 1 saturated heterocycles. The highest BCUT2D eigenvalue weighted by atomic mass is 32.2. The normalized spacial score (nSPS) is 14.7. The Hall–Kier alpha value is -3.13. The van der Waals surface area contributed by atoms with E-state index in [0.29, 0.717) is 5.69 Å². The number of rotatable bonds is 5. The molecule has 2 aromatic heterocycles. The summed E-state index contributed by atoms with van der Waals surface area (Å²) in [7, 11) is -3.29. The van der Waals surface area contributed by atoms with Crippen LogP contribution >= 0.6 is 0 Å². The molecular weight excluding hydrogens is 386 g/mol. The van der Waals surface area contributed by atoms with Crippen LogP contribution in [0.15, 0.2) is 67.1 Å². The smallest absolute Gasteiger partial charge is 0.229 e. The molecule has 0 aliphatic carbocycles. The van der Waals surface area contributed by atoms with Gasteiger partial charge >= 0.3 is 0 Å². The lowest BCUT2D eigenvalue weighted by atomic mass is 10.1. The van der Waals surface area contributed by atoms with Gasteiger partial charge in [0.25, 0.3) is 0 Å². The van der Waals surface area contributed by atoms with Gasteiger partial charge in [-0.3, -0.25) is 14.7 Å². The highest BCUT2D eigenvalue weighted by Gasteiger charge is 2.20. The number of hydrogen-bond donors (Lipinski definition) is 1. The number of aromatic nitrogens is 2. The van der Waals surface area contributed by atoms with Crippen molar-refractivity contribution in [2.75, 3.05) is 47.0 Å². The van der Waals surface area contributed by atoms with Gasteiger partial charge in [-0.25, -0.2) is 8.42 Å². The van der Waals surface area contributed by atoms with Crippen LogP contribution in [0, 0.1) is 0 Å². The zero-order chi connectivity index (χ0) is 20.3. The van der Waals surface area contributed by atoms with E-state index in [4.69, 9.17) is 0 Å². The highest BCUT2D eigenvalue weighted by molar-refractivity contribution is 7.92. The van der Waals surface area contributed by atoms with E-state index in [2.05, 4.69) is 30.6 Å². The summed E-state index contributed by atoms with van der Waals surface area (Å²) in [6.07, 6.45) is 6.57. The van der Waals surface area contributed by atoms with E-state index in [1.54, 1.807) is 18.3 Å². The molecule has 0 unspecified atom stereocenters. The van der Waals surface area contributed by atoms with Crippen molar-refractivity contribution in [1.29, 1.82) is 0 Å². The molecule has 0 bridgehead atoms. The van der Waals surface area contributed by atoms with Crippen molar-refractivity contribution >= 4 is 27.1 Å². The molecule has 1 N–H and O–H groups in total. The van der Waals surface area contributed by atoms with Crippen molar-refractivity contribution in [3.63, 3.8) is 0 Å². The number of sulfonamides is 1. The van der Waals surface area contributed by atoms with E-state index >= 15 is 0 Å². The van der Waals surface area contributed by atoms with Gasteiger partial charge in [0.2, 0.25) is 10.0 Å². The molecule has 0 saturated carbocycles. The van der Waals surface area contributed by atoms with Crippen molar-refractivity contribution in [2.45, 2.75) is 0 Å². The summed E-state index contributed by atoms with van der Waals surface area (Å²) < 4.78 is 25.3. The molecule has 1 aromatic carbocycles. The summed E-state index contributed by atoms with van der Waals surface area (Å²) >= 11 is 0. The average molecular weight is 410 g/mol. The lowest BCUT2D eigenvalue weighted by molar-refractivity contribution is 0.607. The van der Waals surface area contributed by atoms with E-state index in [9.17, 15) is 8.42 Å². The largest absolute Gasteiger partial charge is 0.368 e. The maximum atomic E-state index is 11.4. The zero-order valence-electron chi connectivity index (χ0n) is 16.2. The van der Waals surface area contributed by atoms with E-state index < -0.39 is 10.0 Å². The van der Waals surface area contributed by atoms with Gasteiger partial charge in [-0.1, -0.05) is 12.1 Å². The second-order valence-electron chi connectivity index (χ2n) is 7.00. The molecule has 7 nitrogen and oxygen atoms in total. The predicted octanol–water partition coefficient (Wildman–Crippen LogP) is 2.84. The molecule has 1 fully saturated rings. The molecule has 150 valence electrons. The Bertz CT molecular complexity index is 1060. The van der Waals surface area contributed by atoms with Crippen molar-refractivity contribution in [1.82, 2.24) is 9.97 Å². The molecule has 8 heteroatoms. The number of nitrogens with zero attached hydrogens (tertiary/aromatic N) is 4. The van der Waals surface area contributed by atoms with Gasteiger partial charge in [-0.15, -0.1) is 0 Å². The molecule has 0 spiro atoms. The monoisotopic (exact) mass is 409 g/mol. The Kier molecular flexibility index (Phi) is 5.35. The third-order valence-corrected chi connectivity index (χ3v) is 5.50. The SMILES string of the molecule is CS(=O)(=O)Nc1ccc(-c2ncccc2N2CCN(c3ccncc3)CC2)cc1. The summed E-state index contributed by atoms with van der Waals surface area (Å²) in [5, 5.41) is 0. The highest BCUT2D eigenvalue weighted by Crippen LogP contribution is 2.30. The van der Waals surface area contributed by atoms with Crippen molar-refractivity contribution in [3.8, 4) is 11.3 Å². The summed E-state index contributed by atoms with van der Waals surface area (Å²) in [5.74, 6) is 0. The van der Waals surface area contributed by atoms with Crippen LogP contribution in [-0.2, 0) is 10.0 Å². The summed E-state index contributed by atoms with van der Waals surface area (Å²) in [6.45, 7) is 3.65. The van der Waals surface area contributed by atoms with Crippen LogP contribution in [-0.4, -0.2) is 50.8 Å².